The summed E-state index contributed by atoms with van der Waals surface area (Å²) in [6.45, 7) is 14.0. The van der Waals surface area contributed by atoms with Crippen LogP contribution >= 0.6 is 0 Å². The largest absolute Gasteiger partial charge is 0.334 e. The second-order valence-corrected chi connectivity index (χ2v) is 33.4. The number of nitrogens with zero attached hydrogens (tertiary/aromatic N) is 4. The van der Waals surface area contributed by atoms with E-state index in [9.17, 15) is 0 Å². The van der Waals surface area contributed by atoms with Gasteiger partial charge in [-0.15, -0.1) is 0 Å². The van der Waals surface area contributed by atoms with E-state index in [1.807, 2.05) is 0 Å². The van der Waals surface area contributed by atoms with Crippen molar-refractivity contribution in [3.8, 4) is 0 Å². The Kier molecular flexibility index (Phi) is 18.0. The Bertz CT molecular complexity index is 4290. The lowest BCUT2D eigenvalue weighted by Crippen LogP contribution is -2.65. The molecule has 7 atom stereocenters. The fraction of sp³-hybridized carbons (Fsp3) is 0.375. The fourth-order valence-corrected chi connectivity index (χ4v) is 20.2. The first kappa shape index (κ1) is 65.8. The quantitative estimate of drug-likeness (QED) is 0.0842. The summed E-state index contributed by atoms with van der Waals surface area (Å²) in [6, 6.07) is 72.9. The molecule has 2 aliphatic heterocycles. The molecule has 0 aromatic heterocycles. The van der Waals surface area contributed by atoms with E-state index in [2.05, 4.69) is 292 Å². The van der Waals surface area contributed by atoms with Gasteiger partial charge in [-0.25, -0.2) is 0 Å². The van der Waals surface area contributed by atoms with Crippen molar-refractivity contribution in [1.82, 2.24) is 0 Å². The molecule has 17 rings (SSSR count). The maximum Gasteiger partial charge on any atom is 0.252 e. The molecule has 0 fully saturated rings. The number of anilines is 10. The molecule has 0 amide bonds. The summed E-state index contributed by atoms with van der Waals surface area (Å²) < 4.78 is 0. The standard InChI is InChI=1S/C96H105BN4/c1-95(2,3)72-50-54-76(55-51-72)98(74-40-21-11-22-41-74)78-58-60-86-88(64-78)100(93-82(67-30-13-7-14-31-67)46-28-47-83(93)68-32-15-8-16-33-68)90-62-71(81-45-27-39-66-38-25-26-44-80(66)81)63-91-92(90)97(86)87-61-59-79(99(75-42-23-12-24-43-75)77-56-52-73(53-57-77)96(4,5)6)65-89(87)101(91)94-84(69-34-17-9-18-35-69)48-29-49-85(94)70-36-19-10-20-37-70/h7,9,11-13,17,21-26,32,36,38,40-44,46,48,50-65,67,69,81,83,85,93-94H,8,10,14-16,18-20,27-31,33-35,37,39,45,47,49H2,1-6H3. The maximum atomic E-state index is 3.10. The van der Waals surface area contributed by atoms with Gasteiger partial charge < -0.3 is 19.6 Å². The molecule has 8 aromatic carbocycles. The molecular formula is C96H105BN4. The maximum absolute atomic E-state index is 3.10. The van der Waals surface area contributed by atoms with Gasteiger partial charge in [0.1, 0.15) is 0 Å². The van der Waals surface area contributed by atoms with Crippen molar-refractivity contribution in [3.63, 3.8) is 0 Å². The summed E-state index contributed by atoms with van der Waals surface area (Å²) in [5.74, 6) is 1.96. The van der Waals surface area contributed by atoms with Crippen LogP contribution in [0, 0.1) is 23.7 Å². The van der Waals surface area contributed by atoms with Crippen LogP contribution in [-0.2, 0) is 17.3 Å². The summed E-state index contributed by atoms with van der Waals surface area (Å²) in [5, 5.41) is 0. The molecule has 8 aromatic rings. The zero-order valence-electron chi connectivity index (χ0n) is 61.2. The lowest BCUT2D eigenvalue weighted by Gasteiger charge is -2.54. The predicted molar refractivity (Wildman–Crippen MR) is 432 cm³/mol. The van der Waals surface area contributed by atoms with Crippen molar-refractivity contribution >= 4 is 80.0 Å². The van der Waals surface area contributed by atoms with Gasteiger partial charge in [-0.1, -0.05) is 198 Å². The number of allylic oxidation sites excluding steroid dienone is 8. The summed E-state index contributed by atoms with van der Waals surface area (Å²) in [4.78, 5) is 11.3. The van der Waals surface area contributed by atoms with E-state index >= 15 is 0 Å². The van der Waals surface area contributed by atoms with Crippen molar-refractivity contribution in [1.29, 1.82) is 0 Å². The first-order chi connectivity index (χ1) is 49.4. The number of rotatable bonds is 13. The van der Waals surface area contributed by atoms with Gasteiger partial charge >= 0.3 is 0 Å². The van der Waals surface area contributed by atoms with Crippen LogP contribution in [0.3, 0.4) is 0 Å². The highest BCUT2D eigenvalue weighted by atomic mass is 15.2. The number of hydrogen-bond acceptors (Lipinski definition) is 4. The zero-order chi connectivity index (χ0) is 68.3. The summed E-state index contributed by atoms with van der Waals surface area (Å²) in [6.07, 6.45) is 45.9. The molecule has 0 bridgehead atoms. The van der Waals surface area contributed by atoms with Crippen LogP contribution in [0.25, 0.3) is 0 Å². The Morgan fingerprint density at radius 3 is 1.28 bits per heavy atom. The van der Waals surface area contributed by atoms with Gasteiger partial charge in [0.25, 0.3) is 6.71 Å². The molecule has 7 aliphatic carbocycles. The second kappa shape index (κ2) is 27.7. The molecule has 101 heavy (non-hydrogen) atoms. The third kappa shape index (κ3) is 12.5. The van der Waals surface area contributed by atoms with E-state index in [1.54, 1.807) is 22.3 Å². The minimum Gasteiger partial charge on any atom is -0.334 e. The van der Waals surface area contributed by atoms with E-state index in [4.69, 9.17) is 0 Å². The minimum absolute atomic E-state index is 0.0250. The summed E-state index contributed by atoms with van der Waals surface area (Å²) in [5.41, 5.74) is 31.2. The van der Waals surface area contributed by atoms with Crippen molar-refractivity contribution < 1.29 is 0 Å². The lowest BCUT2D eigenvalue weighted by atomic mass is 9.33. The Labute approximate surface area is 605 Å². The molecule has 5 heteroatoms. The van der Waals surface area contributed by atoms with Gasteiger partial charge in [-0.05, 0) is 298 Å². The minimum atomic E-state index is -0.0530. The van der Waals surface area contributed by atoms with Crippen LogP contribution in [0.1, 0.15) is 204 Å². The molecule has 0 saturated heterocycles. The van der Waals surface area contributed by atoms with Crippen LogP contribution in [0.15, 0.2) is 253 Å². The number of para-hydroxylation sites is 2. The van der Waals surface area contributed by atoms with Gasteiger partial charge in [0, 0.05) is 74.6 Å². The van der Waals surface area contributed by atoms with E-state index in [1.165, 1.54) is 185 Å². The highest BCUT2D eigenvalue weighted by molar-refractivity contribution is 7.00. The molecule has 0 radical (unpaired) electrons. The number of benzene rings is 8. The van der Waals surface area contributed by atoms with Gasteiger partial charge in [-0.2, -0.15) is 0 Å². The Morgan fingerprint density at radius 2 is 0.832 bits per heavy atom. The van der Waals surface area contributed by atoms with E-state index in [-0.39, 0.29) is 35.5 Å². The van der Waals surface area contributed by atoms with Crippen LogP contribution in [0.5, 0.6) is 0 Å². The van der Waals surface area contributed by atoms with Gasteiger partial charge in [0.05, 0.1) is 12.1 Å². The average molecular weight is 1330 g/mol. The number of hydrogen-bond donors (Lipinski definition) is 0. The smallest absolute Gasteiger partial charge is 0.252 e. The Morgan fingerprint density at radius 1 is 0.376 bits per heavy atom. The van der Waals surface area contributed by atoms with E-state index in [0.717, 1.165) is 51.4 Å². The van der Waals surface area contributed by atoms with Crippen molar-refractivity contribution in [3.05, 3.63) is 281 Å². The molecule has 9 aliphatic rings. The third-order valence-corrected chi connectivity index (χ3v) is 25.2. The van der Waals surface area contributed by atoms with Crippen molar-refractivity contribution in [2.24, 2.45) is 23.7 Å². The lowest BCUT2D eigenvalue weighted by molar-refractivity contribution is 0.391. The molecule has 512 valence electrons. The average Bonchev–Trinajstić information content (AvgIpc) is 0.687. The molecule has 0 saturated carbocycles. The van der Waals surface area contributed by atoms with Gasteiger partial charge in [0.15, 0.2) is 0 Å². The molecule has 2 heterocycles. The van der Waals surface area contributed by atoms with Crippen LogP contribution < -0.4 is 36.0 Å². The highest BCUT2D eigenvalue weighted by Crippen LogP contribution is 2.55. The predicted octanol–water partition coefficient (Wildman–Crippen LogP) is 24.2. The van der Waals surface area contributed by atoms with Gasteiger partial charge in [-0.3, -0.25) is 0 Å². The molecule has 4 nitrogen and oxygen atoms in total. The first-order valence-corrected chi connectivity index (χ1v) is 39.5. The van der Waals surface area contributed by atoms with Crippen molar-refractivity contribution in [2.75, 3.05) is 19.6 Å². The fourth-order valence-electron chi connectivity index (χ4n) is 20.2. The molecular weight excluding hydrogens is 1220 g/mol. The van der Waals surface area contributed by atoms with Gasteiger partial charge in [0.2, 0.25) is 0 Å². The van der Waals surface area contributed by atoms with Crippen LogP contribution in [0.2, 0.25) is 0 Å². The SMILES string of the molecule is CC(C)(C)c1ccc(N(c2ccccc2)c2ccc3c(c2)N(C2C(C4CC=CCC4)=CCCC2C2=CCCCC2)c2cc(C4CCCc5ccccc54)cc4c2B3c2ccc(N(c3ccccc3)c3ccc(C(C)(C)C)cc3)cc2N4C2C(C3CC=CCC3)=CCCC2C2=CCCCC2)cc1. The highest BCUT2D eigenvalue weighted by Gasteiger charge is 2.51. The molecule has 0 N–H and O–H groups in total. The first-order valence-electron chi connectivity index (χ1n) is 39.5. The van der Waals surface area contributed by atoms with E-state index < -0.39 is 0 Å². The Balaban J connectivity index is 0.990. The normalized spacial score (nSPS) is 23.3. The summed E-state index contributed by atoms with van der Waals surface area (Å²) >= 11 is 0. The molecule has 0 spiro atoms. The second-order valence-electron chi connectivity index (χ2n) is 33.4. The third-order valence-electron chi connectivity index (χ3n) is 25.2. The Hall–Kier alpha value is -8.54. The van der Waals surface area contributed by atoms with Crippen LogP contribution in [0.4, 0.5) is 56.9 Å². The van der Waals surface area contributed by atoms with Crippen molar-refractivity contribution in [2.45, 2.75) is 205 Å². The zero-order valence-corrected chi connectivity index (χ0v) is 61.2. The number of aryl methyl sites for hydroxylation is 1. The molecule has 7 unspecified atom stereocenters. The van der Waals surface area contributed by atoms with Crippen LogP contribution in [-0.4, -0.2) is 18.8 Å². The number of fused-ring (bicyclic) bond motifs is 5. The van der Waals surface area contributed by atoms with E-state index in [0.29, 0.717) is 23.7 Å². The topological polar surface area (TPSA) is 13.0 Å². The monoisotopic (exact) mass is 1320 g/mol. The summed E-state index contributed by atoms with van der Waals surface area (Å²) in [7, 11) is 0.